The van der Waals surface area contributed by atoms with Crippen LogP contribution >= 0.6 is 0 Å². The summed E-state index contributed by atoms with van der Waals surface area (Å²) in [6.45, 7) is 4.08. The molecule has 3 N–H and O–H groups in total. The molecule has 0 fully saturated rings. The summed E-state index contributed by atoms with van der Waals surface area (Å²) in [5.74, 6) is -0.399. The highest BCUT2D eigenvalue weighted by Gasteiger charge is 2.11. The third kappa shape index (κ3) is 3.54. The minimum Gasteiger partial charge on any atom is -0.508 e. The number of carbonyl (C=O) groups excluding carboxylic acids is 1. The lowest BCUT2D eigenvalue weighted by Gasteiger charge is -2.10. The van der Waals surface area contributed by atoms with E-state index in [0.717, 1.165) is 24.0 Å². The van der Waals surface area contributed by atoms with Gasteiger partial charge < -0.3 is 15.5 Å². The van der Waals surface area contributed by atoms with Crippen molar-refractivity contribution in [3.63, 3.8) is 0 Å². The number of rotatable bonds is 4. The quantitative estimate of drug-likeness (QED) is 0.595. The second-order valence-corrected chi connectivity index (χ2v) is 4.90. The van der Waals surface area contributed by atoms with E-state index in [-0.39, 0.29) is 23.1 Å². The van der Waals surface area contributed by atoms with Crippen LogP contribution in [0.5, 0.6) is 11.5 Å². The Hall–Kier alpha value is -2.49. The summed E-state index contributed by atoms with van der Waals surface area (Å²) in [4.78, 5) is 12.3. The summed E-state index contributed by atoms with van der Waals surface area (Å²) < 4.78 is 0. The van der Waals surface area contributed by atoms with Crippen LogP contribution in [-0.2, 0) is 12.8 Å². The molecule has 0 aliphatic rings. The van der Waals surface area contributed by atoms with Crippen LogP contribution in [0, 0.1) is 0 Å². The molecule has 0 aromatic heterocycles. The minimum atomic E-state index is -0.305. The van der Waals surface area contributed by atoms with Crippen molar-refractivity contribution >= 4 is 11.6 Å². The van der Waals surface area contributed by atoms with Crippen LogP contribution in [0.4, 0.5) is 5.69 Å². The normalized spacial score (nSPS) is 10.4. The standard InChI is InChI=1S/C17H19NO3/c1-3-11-7-12(4-2)9-13(8-11)17(21)18-15-10-14(19)5-6-16(15)20/h5-10,19-20H,3-4H2,1-2H3,(H,18,21). The summed E-state index contributed by atoms with van der Waals surface area (Å²) in [6.07, 6.45) is 1.71. The third-order valence-corrected chi connectivity index (χ3v) is 3.36. The molecule has 0 aliphatic heterocycles. The first kappa shape index (κ1) is 14.9. The molecular weight excluding hydrogens is 266 g/mol. The molecule has 4 heteroatoms. The van der Waals surface area contributed by atoms with Gasteiger partial charge in [0.25, 0.3) is 5.91 Å². The van der Waals surface area contributed by atoms with Gasteiger partial charge in [0, 0.05) is 11.6 Å². The van der Waals surface area contributed by atoms with Gasteiger partial charge >= 0.3 is 0 Å². The van der Waals surface area contributed by atoms with E-state index in [1.807, 2.05) is 26.0 Å². The van der Waals surface area contributed by atoms with Crippen LogP contribution in [0.1, 0.15) is 35.3 Å². The first-order valence-corrected chi connectivity index (χ1v) is 6.99. The lowest BCUT2D eigenvalue weighted by atomic mass is 10.0. The van der Waals surface area contributed by atoms with E-state index >= 15 is 0 Å². The van der Waals surface area contributed by atoms with Gasteiger partial charge in [-0.3, -0.25) is 4.79 Å². The van der Waals surface area contributed by atoms with Crippen LogP contribution in [0.25, 0.3) is 0 Å². The second kappa shape index (κ2) is 6.31. The number of aryl methyl sites for hydroxylation is 2. The maximum atomic E-state index is 12.3. The van der Waals surface area contributed by atoms with Gasteiger partial charge in [-0.2, -0.15) is 0 Å². The summed E-state index contributed by atoms with van der Waals surface area (Å²) >= 11 is 0. The van der Waals surface area contributed by atoms with Crippen molar-refractivity contribution in [2.75, 3.05) is 5.32 Å². The zero-order valence-electron chi connectivity index (χ0n) is 12.2. The van der Waals surface area contributed by atoms with Gasteiger partial charge in [0.15, 0.2) is 0 Å². The molecule has 110 valence electrons. The Bertz CT molecular complexity index is 643. The first-order valence-electron chi connectivity index (χ1n) is 6.99. The highest BCUT2D eigenvalue weighted by atomic mass is 16.3. The minimum absolute atomic E-state index is 0.0142. The average molecular weight is 285 g/mol. The molecule has 1 amide bonds. The van der Waals surface area contributed by atoms with Crippen LogP contribution in [0.2, 0.25) is 0 Å². The summed E-state index contributed by atoms with van der Waals surface area (Å²) in [5.41, 5.74) is 2.94. The van der Waals surface area contributed by atoms with Crippen molar-refractivity contribution in [2.45, 2.75) is 26.7 Å². The number of benzene rings is 2. The molecule has 21 heavy (non-hydrogen) atoms. The van der Waals surface area contributed by atoms with E-state index in [2.05, 4.69) is 11.4 Å². The van der Waals surface area contributed by atoms with Gasteiger partial charge in [-0.15, -0.1) is 0 Å². The fourth-order valence-electron chi connectivity index (χ4n) is 2.12. The number of amides is 1. The summed E-state index contributed by atoms with van der Waals surface area (Å²) in [5, 5.41) is 21.8. The predicted octanol–water partition coefficient (Wildman–Crippen LogP) is 3.47. The van der Waals surface area contributed by atoms with Crippen molar-refractivity contribution in [2.24, 2.45) is 0 Å². The molecule has 2 aromatic rings. The number of phenolic OH excluding ortho intramolecular Hbond substituents is 2. The Kier molecular flexibility index (Phi) is 4.48. The van der Waals surface area contributed by atoms with Gasteiger partial charge in [-0.05, 0) is 48.2 Å². The van der Waals surface area contributed by atoms with Gasteiger partial charge in [-0.25, -0.2) is 0 Å². The van der Waals surface area contributed by atoms with Gasteiger partial charge in [0.05, 0.1) is 5.69 Å². The summed E-state index contributed by atoms with van der Waals surface area (Å²) in [7, 11) is 0. The van der Waals surface area contributed by atoms with Crippen molar-refractivity contribution in [1.29, 1.82) is 0 Å². The SMILES string of the molecule is CCc1cc(CC)cc(C(=O)Nc2cc(O)ccc2O)c1. The Morgan fingerprint density at radius 1 is 1.00 bits per heavy atom. The smallest absolute Gasteiger partial charge is 0.255 e. The zero-order chi connectivity index (χ0) is 15.4. The summed E-state index contributed by atoms with van der Waals surface area (Å²) in [6, 6.07) is 9.78. The number of hydrogen-bond acceptors (Lipinski definition) is 3. The van der Waals surface area contributed by atoms with Crippen molar-refractivity contribution in [1.82, 2.24) is 0 Å². The van der Waals surface area contributed by atoms with E-state index < -0.39 is 0 Å². The second-order valence-electron chi connectivity index (χ2n) is 4.90. The molecule has 0 radical (unpaired) electrons. The average Bonchev–Trinajstić information content (AvgIpc) is 2.50. The molecule has 0 atom stereocenters. The molecule has 0 saturated carbocycles. The monoisotopic (exact) mass is 285 g/mol. The van der Waals surface area contributed by atoms with E-state index in [4.69, 9.17) is 0 Å². The van der Waals surface area contributed by atoms with Gasteiger partial charge in [-0.1, -0.05) is 19.9 Å². The van der Waals surface area contributed by atoms with E-state index in [9.17, 15) is 15.0 Å². The number of phenols is 2. The highest BCUT2D eigenvalue weighted by Crippen LogP contribution is 2.27. The topological polar surface area (TPSA) is 69.6 Å². The molecule has 2 rings (SSSR count). The van der Waals surface area contributed by atoms with Gasteiger partial charge in [0.1, 0.15) is 11.5 Å². The lowest BCUT2D eigenvalue weighted by Crippen LogP contribution is -2.13. The maximum absolute atomic E-state index is 12.3. The Morgan fingerprint density at radius 3 is 2.19 bits per heavy atom. The Labute approximate surface area is 124 Å². The van der Waals surface area contributed by atoms with Crippen molar-refractivity contribution in [3.05, 3.63) is 53.1 Å². The molecule has 0 unspecified atom stereocenters. The molecule has 2 aromatic carbocycles. The largest absolute Gasteiger partial charge is 0.508 e. The predicted molar refractivity (Wildman–Crippen MR) is 82.9 cm³/mol. The lowest BCUT2D eigenvalue weighted by molar-refractivity contribution is 0.102. The molecule has 0 bridgehead atoms. The number of anilines is 1. The number of aromatic hydroxyl groups is 2. The molecule has 4 nitrogen and oxygen atoms in total. The number of carbonyl (C=O) groups is 1. The molecule has 0 heterocycles. The van der Waals surface area contributed by atoms with E-state index in [1.165, 1.54) is 18.2 Å². The van der Waals surface area contributed by atoms with E-state index in [0.29, 0.717) is 5.56 Å². The van der Waals surface area contributed by atoms with E-state index in [1.54, 1.807) is 0 Å². The third-order valence-electron chi connectivity index (χ3n) is 3.36. The molecule has 0 aliphatic carbocycles. The Morgan fingerprint density at radius 2 is 1.62 bits per heavy atom. The van der Waals surface area contributed by atoms with Gasteiger partial charge in [0.2, 0.25) is 0 Å². The van der Waals surface area contributed by atoms with Crippen molar-refractivity contribution in [3.8, 4) is 11.5 Å². The molecule has 0 spiro atoms. The first-order chi connectivity index (χ1) is 10.0. The Balaban J connectivity index is 2.29. The van der Waals surface area contributed by atoms with Crippen LogP contribution in [0.15, 0.2) is 36.4 Å². The fourth-order valence-corrected chi connectivity index (χ4v) is 2.12. The zero-order valence-corrected chi connectivity index (χ0v) is 12.2. The van der Waals surface area contributed by atoms with Crippen LogP contribution in [-0.4, -0.2) is 16.1 Å². The van der Waals surface area contributed by atoms with Crippen molar-refractivity contribution < 1.29 is 15.0 Å². The van der Waals surface area contributed by atoms with Crippen LogP contribution < -0.4 is 5.32 Å². The molecule has 0 saturated heterocycles. The van der Waals surface area contributed by atoms with Crippen LogP contribution in [0.3, 0.4) is 0 Å². The highest BCUT2D eigenvalue weighted by molar-refractivity contribution is 6.05. The number of nitrogens with one attached hydrogen (secondary N) is 1. The number of hydrogen-bond donors (Lipinski definition) is 3. The maximum Gasteiger partial charge on any atom is 0.255 e. The molecular formula is C17H19NO3. The fraction of sp³-hybridized carbons (Fsp3) is 0.235.